The van der Waals surface area contributed by atoms with Crippen molar-refractivity contribution in [2.45, 2.75) is 6.92 Å². The van der Waals surface area contributed by atoms with Crippen LogP contribution in [0.3, 0.4) is 0 Å². The molecule has 0 fully saturated rings. The van der Waals surface area contributed by atoms with E-state index in [0.29, 0.717) is 22.5 Å². The van der Waals surface area contributed by atoms with Gasteiger partial charge in [0.05, 0.1) is 11.6 Å². The molecule has 5 heteroatoms. The van der Waals surface area contributed by atoms with Crippen LogP contribution in [0.1, 0.15) is 16.7 Å². The summed E-state index contributed by atoms with van der Waals surface area (Å²) in [4.78, 5) is 26.4. The number of nitrogens with zero attached hydrogens (tertiary/aromatic N) is 2. The van der Waals surface area contributed by atoms with Crippen molar-refractivity contribution in [3.8, 4) is 0 Å². The van der Waals surface area contributed by atoms with E-state index in [1.54, 1.807) is 0 Å². The number of hydrogen-bond acceptors (Lipinski definition) is 3. The van der Waals surface area contributed by atoms with Crippen LogP contribution in [-0.4, -0.2) is 31.2 Å². The summed E-state index contributed by atoms with van der Waals surface area (Å²) in [5.74, 6) is -0.384. The standard InChI is InChI=1S/C21H20N2O2.Na/c1-14-9-11-15(12-10-14)19-17(13-24)18(21(25)22-19)20(23(2)3)16-7-5-4-6-8-16;/h4-13H,1-3H3,(H,22,24,25);/q;+1/p-1/b20-18+;. The fourth-order valence-electron chi connectivity index (χ4n) is 2.95. The summed E-state index contributed by atoms with van der Waals surface area (Å²) >= 11 is 0. The molecule has 1 aliphatic rings. The van der Waals surface area contributed by atoms with Crippen molar-refractivity contribution < 1.29 is 39.1 Å². The van der Waals surface area contributed by atoms with Gasteiger partial charge in [-0.3, -0.25) is 4.79 Å². The molecule has 0 spiro atoms. The molecule has 0 saturated heterocycles. The minimum Gasteiger partial charge on any atom is -0.622 e. The fraction of sp³-hybridized carbons (Fsp3) is 0.143. The van der Waals surface area contributed by atoms with E-state index in [1.165, 1.54) is 0 Å². The zero-order chi connectivity index (χ0) is 18.0. The largest absolute Gasteiger partial charge is 1.00 e. The van der Waals surface area contributed by atoms with Crippen LogP contribution in [0.15, 0.2) is 65.7 Å². The maximum Gasteiger partial charge on any atom is 1.00 e. The van der Waals surface area contributed by atoms with Gasteiger partial charge in [0, 0.05) is 25.2 Å². The van der Waals surface area contributed by atoms with Crippen LogP contribution in [0.2, 0.25) is 0 Å². The molecule has 1 amide bonds. The normalized spacial score (nSPS) is 15.3. The maximum absolute atomic E-state index is 12.7. The summed E-state index contributed by atoms with van der Waals surface area (Å²) in [6.07, 6.45) is 0.728. The van der Waals surface area contributed by atoms with Gasteiger partial charge in [0.15, 0.2) is 0 Å². The van der Waals surface area contributed by atoms with Crippen LogP contribution in [0, 0.1) is 6.92 Å². The van der Waals surface area contributed by atoms with E-state index >= 15 is 0 Å². The van der Waals surface area contributed by atoms with Crippen molar-refractivity contribution >= 4 is 23.6 Å². The Balaban J connectivity index is 0.00000243. The summed E-state index contributed by atoms with van der Waals surface area (Å²) in [5.41, 5.74) is 4.56. The SMILES string of the molecule is Cc1ccc(C2=C(C=O)/C(=C(/c3ccccc3)N(C)C)C(=O)[N-]2)cc1.[Na+]. The van der Waals surface area contributed by atoms with Crippen LogP contribution < -0.4 is 29.6 Å². The van der Waals surface area contributed by atoms with Gasteiger partial charge in [0.25, 0.3) is 0 Å². The van der Waals surface area contributed by atoms with E-state index in [1.807, 2.05) is 80.5 Å². The second-order valence-corrected chi connectivity index (χ2v) is 6.15. The number of hydrogen-bond donors (Lipinski definition) is 0. The molecule has 0 atom stereocenters. The Bertz CT molecular complexity index is 882. The predicted molar refractivity (Wildman–Crippen MR) is 99.6 cm³/mol. The summed E-state index contributed by atoms with van der Waals surface area (Å²) in [7, 11) is 3.71. The number of aldehydes is 1. The Kier molecular flexibility index (Phi) is 6.59. The summed E-state index contributed by atoms with van der Waals surface area (Å²) in [6.45, 7) is 1.99. The van der Waals surface area contributed by atoms with E-state index < -0.39 is 0 Å². The molecule has 2 aromatic carbocycles. The zero-order valence-corrected chi connectivity index (χ0v) is 17.5. The van der Waals surface area contributed by atoms with E-state index in [4.69, 9.17) is 0 Å². The molecule has 4 nitrogen and oxygen atoms in total. The average molecular weight is 354 g/mol. The molecule has 0 bridgehead atoms. The molecule has 3 rings (SSSR count). The molecule has 1 aliphatic heterocycles. The van der Waals surface area contributed by atoms with Crippen molar-refractivity contribution in [3.63, 3.8) is 0 Å². The molecule has 0 aliphatic carbocycles. The Labute approximate surface area is 175 Å². The predicted octanol–water partition coefficient (Wildman–Crippen LogP) is 0.796. The quantitative estimate of drug-likeness (QED) is 0.464. The Morgan fingerprint density at radius 1 is 1.00 bits per heavy atom. The molecular formula is C21H19N2NaO2. The van der Waals surface area contributed by atoms with E-state index in [0.717, 1.165) is 23.0 Å². The van der Waals surface area contributed by atoms with Crippen molar-refractivity contribution in [1.29, 1.82) is 0 Å². The van der Waals surface area contributed by atoms with Crippen molar-refractivity contribution in [2.75, 3.05) is 14.1 Å². The van der Waals surface area contributed by atoms with Gasteiger partial charge in [0.2, 0.25) is 0 Å². The monoisotopic (exact) mass is 354 g/mol. The van der Waals surface area contributed by atoms with Crippen molar-refractivity contribution in [2.24, 2.45) is 0 Å². The number of aryl methyl sites for hydroxylation is 1. The minimum atomic E-state index is -0.384. The molecule has 2 aromatic rings. The topological polar surface area (TPSA) is 51.5 Å². The fourth-order valence-corrected chi connectivity index (χ4v) is 2.95. The molecule has 0 saturated carbocycles. The number of carbonyl (C=O) groups excluding carboxylic acids is 2. The van der Waals surface area contributed by atoms with Gasteiger partial charge in [-0.05, 0) is 18.1 Å². The molecule has 0 aromatic heterocycles. The number of rotatable bonds is 4. The Morgan fingerprint density at radius 3 is 2.15 bits per heavy atom. The van der Waals surface area contributed by atoms with Gasteiger partial charge in [-0.25, -0.2) is 0 Å². The van der Waals surface area contributed by atoms with Gasteiger partial charge in [0.1, 0.15) is 6.29 Å². The van der Waals surface area contributed by atoms with Crippen LogP contribution in [0.4, 0.5) is 0 Å². The van der Waals surface area contributed by atoms with E-state index in [-0.39, 0.29) is 35.5 Å². The summed E-state index contributed by atoms with van der Waals surface area (Å²) < 4.78 is 0. The maximum atomic E-state index is 12.7. The third-order valence-corrected chi connectivity index (χ3v) is 4.13. The first-order chi connectivity index (χ1) is 12.0. The molecule has 0 unspecified atom stereocenters. The van der Waals surface area contributed by atoms with E-state index in [9.17, 15) is 9.59 Å². The molecule has 26 heavy (non-hydrogen) atoms. The number of amides is 1. The second kappa shape index (κ2) is 8.49. The summed E-state index contributed by atoms with van der Waals surface area (Å²) in [5, 5.41) is 4.18. The van der Waals surface area contributed by atoms with Gasteiger partial charge in [-0.2, -0.15) is 0 Å². The Morgan fingerprint density at radius 2 is 1.62 bits per heavy atom. The number of carbonyl (C=O) groups is 2. The Hall–Kier alpha value is -2.14. The second-order valence-electron chi connectivity index (χ2n) is 6.15. The van der Waals surface area contributed by atoms with Gasteiger partial charge >= 0.3 is 29.6 Å². The summed E-state index contributed by atoms with van der Waals surface area (Å²) in [6, 6.07) is 17.2. The average Bonchev–Trinajstić information content (AvgIpc) is 2.93. The van der Waals surface area contributed by atoms with Crippen LogP contribution in [0.25, 0.3) is 16.7 Å². The minimum absolute atomic E-state index is 0. The third kappa shape index (κ3) is 3.83. The molecular weight excluding hydrogens is 335 g/mol. The molecule has 0 N–H and O–H groups in total. The zero-order valence-electron chi connectivity index (χ0n) is 15.5. The number of benzene rings is 2. The van der Waals surface area contributed by atoms with Crippen molar-refractivity contribution in [3.05, 3.63) is 87.8 Å². The van der Waals surface area contributed by atoms with Gasteiger partial charge in [-0.1, -0.05) is 60.2 Å². The first-order valence-electron chi connectivity index (χ1n) is 8.03. The molecule has 1 heterocycles. The van der Waals surface area contributed by atoms with Crippen molar-refractivity contribution in [1.82, 2.24) is 4.90 Å². The first kappa shape index (κ1) is 20.2. The van der Waals surface area contributed by atoms with Gasteiger partial charge < -0.3 is 15.0 Å². The molecule has 126 valence electrons. The van der Waals surface area contributed by atoms with Crippen LogP contribution in [-0.2, 0) is 9.59 Å². The van der Waals surface area contributed by atoms with Crippen LogP contribution >= 0.6 is 0 Å². The van der Waals surface area contributed by atoms with Crippen LogP contribution in [0.5, 0.6) is 0 Å². The third-order valence-electron chi connectivity index (χ3n) is 4.13. The van der Waals surface area contributed by atoms with E-state index in [2.05, 4.69) is 5.32 Å². The smallest absolute Gasteiger partial charge is 0.622 e. The first-order valence-corrected chi connectivity index (χ1v) is 8.03. The molecule has 0 radical (unpaired) electrons. The van der Waals surface area contributed by atoms with Gasteiger partial charge in [-0.15, -0.1) is 5.70 Å².